The molecule has 1 nitrogen and oxygen atoms in total. The summed E-state index contributed by atoms with van der Waals surface area (Å²) in [4.78, 5) is 12.1. The third-order valence-electron chi connectivity index (χ3n) is 2.90. The van der Waals surface area contributed by atoms with Crippen molar-refractivity contribution in [1.82, 2.24) is 0 Å². The summed E-state index contributed by atoms with van der Waals surface area (Å²) in [6, 6.07) is 9.19. The molecular formula is C15H9Cl2F3O. The number of carbonyl (C=O) groups is 1. The predicted octanol–water partition coefficient (Wildman–Crippen LogP) is 5.44. The van der Waals surface area contributed by atoms with E-state index < -0.39 is 17.5 Å². The monoisotopic (exact) mass is 332 g/mol. The van der Waals surface area contributed by atoms with Gasteiger partial charge in [0.1, 0.15) is 0 Å². The van der Waals surface area contributed by atoms with Crippen molar-refractivity contribution >= 4 is 29.0 Å². The Hall–Kier alpha value is -1.52. The number of hydrogen-bond acceptors (Lipinski definition) is 1. The van der Waals surface area contributed by atoms with Crippen LogP contribution < -0.4 is 0 Å². The van der Waals surface area contributed by atoms with Crippen LogP contribution in [0.4, 0.5) is 13.2 Å². The molecule has 110 valence electrons. The van der Waals surface area contributed by atoms with E-state index in [4.69, 9.17) is 23.2 Å². The van der Waals surface area contributed by atoms with Gasteiger partial charge in [0.2, 0.25) is 0 Å². The Morgan fingerprint density at radius 3 is 2.33 bits per heavy atom. The van der Waals surface area contributed by atoms with Gasteiger partial charge >= 0.3 is 6.18 Å². The number of ketones is 1. The van der Waals surface area contributed by atoms with E-state index in [0.717, 1.165) is 12.1 Å². The maximum Gasteiger partial charge on any atom is 0.417 e. The SMILES string of the molecule is O=C(Cc1ccc(Cl)cc1Cl)c1ccccc1C(F)(F)F. The van der Waals surface area contributed by atoms with Crippen molar-refractivity contribution in [2.24, 2.45) is 0 Å². The average molecular weight is 333 g/mol. The molecule has 0 aliphatic rings. The van der Waals surface area contributed by atoms with Gasteiger partial charge in [0, 0.05) is 22.0 Å². The van der Waals surface area contributed by atoms with Crippen molar-refractivity contribution in [1.29, 1.82) is 0 Å². The van der Waals surface area contributed by atoms with E-state index in [1.54, 1.807) is 0 Å². The van der Waals surface area contributed by atoms with Crippen LogP contribution in [0.5, 0.6) is 0 Å². The van der Waals surface area contributed by atoms with Gasteiger partial charge in [-0.05, 0) is 23.8 Å². The van der Waals surface area contributed by atoms with Gasteiger partial charge in [0.15, 0.2) is 5.78 Å². The Labute approximate surface area is 129 Å². The van der Waals surface area contributed by atoms with Gasteiger partial charge in [-0.1, -0.05) is 47.5 Å². The molecule has 0 aliphatic heterocycles. The van der Waals surface area contributed by atoms with Crippen molar-refractivity contribution in [2.45, 2.75) is 12.6 Å². The van der Waals surface area contributed by atoms with Gasteiger partial charge in [0.05, 0.1) is 5.56 Å². The topological polar surface area (TPSA) is 17.1 Å². The first-order chi connectivity index (χ1) is 9.79. The van der Waals surface area contributed by atoms with Crippen LogP contribution in [0, 0.1) is 0 Å². The third kappa shape index (κ3) is 3.77. The van der Waals surface area contributed by atoms with Gasteiger partial charge in [0.25, 0.3) is 0 Å². The molecule has 0 saturated carbocycles. The highest BCUT2D eigenvalue weighted by Gasteiger charge is 2.34. The summed E-state index contributed by atoms with van der Waals surface area (Å²) in [5.41, 5.74) is -0.876. The molecule has 2 aromatic rings. The second kappa shape index (κ2) is 6.08. The van der Waals surface area contributed by atoms with Crippen molar-refractivity contribution in [3.8, 4) is 0 Å². The lowest BCUT2D eigenvalue weighted by molar-refractivity contribution is -0.137. The normalized spacial score (nSPS) is 11.5. The maximum atomic E-state index is 12.9. The second-order valence-electron chi connectivity index (χ2n) is 4.38. The molecule has 0 amide bonds. The summed E-state index contributed by atoms with van der Waals surface area (Å²) in [6.45, 7) is 0. The quantitative estimate of drug-likeness (QED) is 0.684. The molecule has 0 aliphatic carbocycles. The van der Waals surface area contributed by atoms with Gasteiger partial charge < -0.3 is 0 Å². The standard InChI is InChI=1S/C15H9Cl2F3O/c16-10-6-5-9(13(17)8-10)7-14(21)11-3-1-2-4-12(11)15(18,19)20/h1-6,8H,7H2. The smallest absolute Gasteiger partial charge is 0.294 e. The largest absolute Gasteiger partial charge is 0.417 e. The van der Waals surface area contributed by atoms with E-state index in [9.17, 15) is 18.0 Å². The van der Waals surface area contributed by atoms with E-state index in [1.165, 1.54) is 30.3 Å². The molecule has 0 fully saturated rings. The summed E-state index contributed by atoms with van der Waals surface area (Å²) in [6.07, 6.45) is -4.79. The average Bonchev–Trinajstić information content (AvgIpc) is 2.41. The summed E-state index contributed by atoms with van der Waals surface area (Å²) < 4.78 is 38.7. The van der Waals surface area contributed by atoms with Crippen LogP contribution in [0.25, 0.3) is 0 Å². The number of hydrogen-bond donors (Lipinski definition) is 0. The van der Waals surface area contributed by atoms with Crippen molar-refractivity contribution in [3.63, 3.8) is 0 Å². The molecule has 21 heavy (non-hydrogen) atoms. The highest BCUT2D eigenvalue weighted by molar-refractivity contribution is 6.35. The molecule has 0 atom stereocenters. The minimum absolute atomic E-state index is 0.219. The second-order valence-corrected chi connectivity index (χ2v) is 5.22. The minimum atomic E-state index is -4.57. The molecule has 0 spiro atoms. The minimum Gasteiger partial charge on any atom is -0.294 e. The van der Waals surface area contributed by atoms with Crippen molar-refractivity contribution in [3.05, 3.63) is 69.2 Å². The number of rotatable bonds is 3. The van der Waals surface area contributed by atoms with Gasteiger partial charge in [-0.3, -0.25) is 4.79 Å². The number of benzene rings is 2. The Balaban J connectivity index is 2.33. The lowest BCUT2D eigenvalue weighted by Crippen LogP contribution is -2.14. The van der Waals surface area contributed by atoms with Crippen molar-refractivity contribution < 1.29 is 18.0 Å². The Bertz CT molecular complexity index is 681. The van der Waals surface area contributed by atoms with Crippen LogP contribution in [-0.2, 0) is 12.6 Å². The summed E-state index contributed by atoms with van der Waals surface area (Å²) >= 11 is 11.7. The molecule has 0 saturated heterocycles. The zero-order valence-corrected chi connectivity index (χ0v) is 12.1. The van der Waals surface area contributed by atoms with E-state index in [2.05, 4.69) is 0 Å². The molecule has 0 heterocycles. The summed E-state index contributed by atoms with van der Waals surface area (Å²) in [7, 11) is 0. The fraction of sp³-hybridized carbons (Fsp3) is 0.133. The van der Waals surface area contributed by atoms with E-state index in [1.807, 2.05) is 0 Å². The number of halogens is 5. The van der Waals surface area contributed by atoms with Gasteiger partial charge in [-0.2, -0.15) is 13.2 Å². The van der Waals surface area contributed by atoms with Crippen LogP contribution in [-0.4, -0.2) is 5.78 Å². The van der Waals surface area contributed by atoms with E-state index >= 15 is 0 Å². The van der Waals surface area contributed by atoms with Gasteiger partial charge in [-0.25, -0.2) is 0 Å². The fourth-order valence-corrected chi connectivity index (χ4v) is 2.38. The Morgan fingerprint density at radius 2 is 1.71 bits per heavy atom. The van der Waals surface area contributed by atoms with Crippen LogP contribution in [0.15, 0.2) is 42.5 Å². The maximum absolute atomic E-state index is 12.9. The first-order valence-electron chi connectivity index (χ1n) is 5.92. The molecule has 6 heteroatoms. The summed E-state index contributed by atoms with van der Waals surface area (Å²) in [5, 5.41) is 0.646. The number of alkyl halides is 3. The molecule has 0 bridgehead atoms. The van der Waals surface area contributed by atoms with Crippen LogP contribution >= 0.6 is 23.2 Å². The predicted molar refractivity (Wildman–Crippen MR) is 75.9 cm³/mol. The van der Waals surface area contributed by atoms with Crippen LogP contribution in [0.1, 0.15) is 21.5 Å². The molecule has 0 unspecified atom stereocenters. The highest BCUT2D eigenvalue weighted by Crippen LogP contribution is 2.32. The lowest BCUT2D eigenvalue weighted by atomic mass is 9.98. The van der Waals surface area contributed by atoms with E-state index in [-0.39, 0.29) is 17.0 Å². The molecular weight excluding hydrogens is 324 g/mol. The molecule has 0 radical (unpaired) electrons. The molecule has 2 rings (SSSR count). The number of carbonyl (C=O) groups excluding carboxylic acids is 1. The zero-order chi connectivity index (χ0) is 15.6. The number of Topliss-reactive ketones (excluding diaryl/α,β-unsaturated/α-hetero) is 1. The zero-order valence-electron chi connectivity index (χ0n) is 10.5. The summed E-state index contributed by atoms with van der Waals surface area (Å²) in [5.74, 6) is -0.646. The van der Waals surface area contributed by atoms with Gasteiger partial charge in [-0.15, -0.1) is 0 Å². The highest BCUT2D eigenvalue weighted by atomic mass is 35.5. The molecule has 0 aromatic heterocycles. The van der Waals surface area contributed by atoms with Crippen LogP contribution in [0.3, 0.4) is 0 Å². The van der Waals surface area contributed by atoms with Crippen molar-refractivity contribution in [2.75, 3.05) is 0 Å². The first kappa shape index (κ1) is 15.9. The molecule has 0 N–H and O–H groups in total. The Morgan fingerprint density at radius 1 is 1.05 bits per heavy atom. The lowest BCUT2D eigenvalue weighted by Gasteiger charge is -2.12. The van der Waals surface area contributed by atoms with Crippen LogP contribution in [0.2, 0.25) is 10.0 Å². The fourth-order valence-electron chi connectivity index (χ4n) is 1.91. The third-order valence-corrected chi connectivity index (χ3v) is 3.49. The Kier molecular flexibility index (Phi) is 4.59. The molecule has 2 aromatic carbocycles. The van der Waals surface area contributed by atoms with E-state index in [0.29, 0.717) is 10.6 Å². The first-order valence-corrected chi connectivity index (χ1v) is 6.68.